The summed E-state index contributed by atoms with van der Waals surface area (Å²) in [6.45, 7) is 1.46. The van der Waals surface area contributed by atoms with Gasteiger partial charge in [-0.15, -0.1) is 0 Å². The number of hydrogen-bond acceptors (Lipinski definition) is 4. The quantitative estimate of drug-likeness (QED) is 0.774. The van der Waals surface area contributed by atoms with Gasteiger partial charge in [0.15, 0.2) is 23.2 Å². The molecule has 0 spiro atoms. The number of likely N-dealkylation sites (tertiary alicyclic amines) is 1. The van der Waals surface area contributed by atoms with E-state index >= 15 is 0 Å². The van der Waals surface area contributed by atoms with Gasteiger partial charge in [0.1, 0.15) is 0 Å². The van der Waals surface area contributed by atoms with E-state index in [-0.39, 0.29) is 17.9 Å². The van der Waals surface area contributed by atoms with Gasteiger partial charge in [0.2, 0.25) is 0 Å². The minimum atomic E-state index is -1.13. The van der Waals surface area contributed by atoms with Gasteiger partial charge in [0.25, 0.3) is 0 Å². The van der Waals surface area contributed by atoms with E-state index in [1.807, 2.05) is 35.2 Å². The van der Waals surface area contributed by atoms with Gasteiger partial charge >= 0.3 is 0 Å². The van der Waals surface area contributed by atoms with E-state index in [0.717, 1.165) is 17.7 Å². The molecule has 2 aliphatic rings. The number of hydrogen-bond donors (Lipinski definition) is 2. The predicted octanol–water partition coefficient (Wildman–Crippen LogP) is 3.17. The van der Waals surface area contributed by atoms with E-state index in [2.05, 4.69) is 0 Å². The van der Waals surface area contributed by atoms with Crippen LogP contribution < -0.4 is 0 Å². The minimum Gasteiger partial charge on any atom is -0.503 e. The third-order valence-electron chi connectivity index (χ3n) is 6.02. The largest absolute Gasteiger partial charge is 0.503 e. The first-order valence-corrected chi connectivity index (χ1v) is 9.53. The van der Waals surface area contributed by atoms with Crippen molar-refractivity contribution in [1.82, 2.24) is 4.90 Å². The van der Waals surface area contributed by atoms with Crippen LogP contribution in [0.15, 0.2) is 42.5 Å². The lowest BCUT2D eigenvalue weighted by molar-refractivity contribution is 0.0355. The van der Waals surface area contributed by atoms with E-state index in [4.69, 9.17) is 5.11 Å². The molecule has 2 aromatic rings. The third kappa shape index (κ3) is 3.80. The molecular weight excluding hydrogens is 364 g/mol. The molecule has 0 aromatic heterocycles. The number of benzene rings is 2. The average molecular weight is 387 g/mol. The van der Waals surface area contributed by atoms with E-state index < -0.39 is 23.0 Å². The Morgan fingerprint density at radius 2 is 1.64 bits per heavy atom. The highest BCUT2D eigenvalue weighted by molar-refractivity contribution is 5.97. The van der Waals surface area contributed by atoms with Gasteiger partial charge in [-0.1, -0.05) is 30.3 Å². The molecular formula is C22H23F2NO3. The fraction of sp³-hybridized carbons (Fsp3) is 0.409. The van der Waals surface area contributed by atoms with Crippen LogP contribution >= 0.6 is 0 Å². The number of fused-ring (bicyclic) bond motifs is 1. The molecule has 1 saturated heterocycles. The Bertz CT molecular complexity index is 850. The van der Waals surface area contributed by atoms with Gasteiger partial charge in [0, 0.05) is 25.1 Å². The number of phenolic OH excluding ortho intramolecular Hbond substituents is 1. The maximum absolute atomic E-state index is 13.5. The van der Waals surface area contributed by atoms with Crippen LogP contribution in [0.2, 0.25) is 0 Å². The average Bonchev–Trinajstić information content (AvgIpc) is 3.13. The van der Waals surface area contributed by atoms with Crippen molar-refractivity contribution < 1.29 is 23.8 Å². The van der Waals surface area contributed by atoms with E-state index in [0.29, 0.717) is 44.2 Å². The molecule has 148 valence electrons. The zero-order valence-corrected chi connectivity index (χ0v) is 15.4. The maximum Gasteiger partial charge on any atom is 0.187 e. The van der Waals surface area contributed by atoms with Crippen LogP contribution in [0.5, 0.6) is 5.75 Å². The van der Waals surface area contributed by atoms with E-state index in [9.17, 15) is 18.7 Å². The van der Waals surface area contributed by atoms with Gasteiger partial charge in [-0.05, 0) is 42.4 Å². The zero-order valence-electron chi connectivity index (χ0n) is 15.4. The number of carbonyl (C=O) groups excluding carboxylic acids is 1. The molecule has 1 heterocycles. The smallest absolute Gasteiger partial charge is 0.187 e. The fourth-order valence-electron chi connectivity index (χ4n) is 4.83. The Morgan fingerprint density at radius 1 is 1.07 bits per heavy atom. The highest BCUT2D eigenvalue weighted by atomic mass is 19.1. The molecule has 0 amide bonds. The fourth-order valence-corrected chi connectivity index (χ4v) is 4.83. The summed E-state index contributed by atoms with van der Waals surface area (Å²) in [5, 5.41) is 20.2. The highest BCUT2D eigenvalue weighted by Gasteiger charge is 2.48. The molecule has 4 nitrogen and oxygen atoms in total. The standard InChI is InChI=1S/C22H23F2NO3/c23-18-6-15(7-19(24)21(18)27)20(26)13-25-11-16-9-22(28,10-17(16)12-25)8-14-4-2-1-3-5-14/h1-7,16-17,27-28H,8-13H2. The van der Waals surface area contributed by atoms with Gasteiger partial charge in [-0.2, -0.15) is 0 Å². The molecule has 2 aromatic carbocycles. The van der Waals surface area contributed by atoms with Crippen molar-refractivity contribution in [2.45, 2.75) is 24.9 Å². The molecule has 2 N–H and O–H groups in total. The lowest BCUT2D eigenvalue weighted by atomic mass is 9.91. The first-order chi connectivity index (χ1) is 13.3. The van der Waals surface area contributed by atoms with Gasteiger partial charge in [-0.25, -0.2) is 8.78 Å². The third-order valence-corrected chi connectivity index (χ3v) is 6.02. The summed E-state index contributed by atoms with van der Waals surface area (Å²) in [5.41, 5.74) is 0.328. The molecule has 6 heteroatoms. The number of carbonyl (C=O) groups is 1. The second-order valence-corrected chi connectivity index (χ2v) is 8.22. The first-order valence-electron chi connectivity index (χ1n) is 9.53. The van der Waals surface area contributed by atoms with Gasteiger partial charge in [0.05, 0.1) is 12.1 Å². The van der Waals surface area contributed by atoms with Crippen molar-refractivity contribution in [2.24, 2.45) is 11.8 Å². The van der Waals surface area contributed by atoms with E-state index in [1.54, 1.807) is 0 Å². The lowest BCUT2D eigenvalue weighted by Crippen LogP contribution is -2.34. The Hall–Kier alpha value is -2.31. The molecule has 2 unspecified atom stereocenters. The SMILES string of the molecule is O=C(CN1CC2CC(O)(Cc3ccccc3)CC2C1)c1cc(F)c(O)c(F)c1. The molecule has 0 bridgehead atoms. The molecule has 1 aliphatic carbocycles. The van der Waals surface area contributed by atoms with Crippen molar-refractivity contribution >= 4 is 5.78 Å². The summed E-state index contributed by atoms with van der Waals surface area (Å²) < 4.78 is 27.0. The van der Waals surface area contributed by atoms with Crippen LogP contribution in [-0.4, -0.2) is 46.1 Å². The Balaban J connectivity index is 1.36. The van der Waals surface area contributed by atoms with Crippen LogP contribution in [0.4, 0.5) is 8.78 Å². The first kappa shape index (κ1) is 19.0. The molecule has 2 atom stereocenters. The lowest BCUT2D eigenvalue weighted by Gasteiger charge is -2.26. The minimum absolute atomic E-state index is 0.0772. The molecule has 28 heavy (non-hydrogen) atoms. The van der Waals surface area contributed by atoms with Crippen molar-refractivity contribution in [3.05, 3.63) is 65.2 Å². The second kappa shape index (κ2) is 7.26. The molecule has 0 radical (unpaired) electrons. The van der Waals surface area contributed by atoms with Crippen molar-refractivity contribution in [3.63, 3.8) is 0 Å². The number of Topliss-reactive ketones (excluding diaryl/α,β-unsaturated/α-hetero) is 1. The number of rotatable bonds is 5. The number of aliphatic hydroxyl groups is 1. The highest BCUT2D eigenvalue weighted by Crippen LogP contribution is 2.45. The van der Waals surface area contributed by atoms with Crippen LogP contribution in [0, 0.1) is 23.5 Å². The number of phenols is 1. The normalized spacial score (nSPS) is 27.1. The summed E-state index contributed by atoms with van der Waals surface area (Å²) in [5.74, 6) is -3.08. The van der Waals surface area contributed by atoms with Crippen LogP contribution in [0.3, 0.4) is 0 Å². The van der Waals surface area contributed by atoms with Crippen molar-refractivity contribution in [2.75, 3.05) is 19.6 Å². The number of halogens is 2. The van der Waals surface area contributed by atoms with Gasteiger partial charge < -0.3 is 10.2 Å². The Kier molecular flexibility index (Phi) is 4.93. The molecule has 1 saturated carbocycles. The van der Waals surface area contributed by atoms with Crippen molar-refractivity contribution in [3.8, 4) is 5.75 Å². The number of aromatic hydroxyl groups is 1. The van der Waals surface area contributed by atoms with Gasteiger partial charge in [-0.3, -0.25) is 9.69 Å². The summed E-state index contributed by atoms with van der Waals surface area (Å²) in [7, 11) is 0. The topological polar surface area (TPSA) is 60.8 Å². The van der Waals surface area contributed by atoms with Crippen LogP contribution in [0.25, 0.3) is 0 Å². The van der Waals surface area contributed by atoms with E-state index in [1.165, 1.54) is 0 Å². The van der Waals surface area contributed by atoms with Crippen LogP contribution in [0.1, 0.15) is 28.8 Å². The number of nitrogens with zero attached hydrogens (tertiary/aromatic N) is 1. The predicted molar refractivity (Wildman–Crippen MR) is 100 cm³/mol. The number of ketones is 1. The molecule has 2 fully saturated rings. The summed E-state index contributed by atoms with van der Waals surface area (Å²) in [6, 6.07) is 11.7. The summed E-state index contributed by atoms with van der Waals surface area (Å²) in [6.07, 6.45) is 2.02. The maximum atomic E-state index is 13.5. The Labute approximate surface area is 162 Å². The second-order valence-electron chi connectivity index (χ2n) is 8.22. The summed E-state index contributed by atoms with van der Waals surface area (Å²) >= 11 is 0. The monoisotopic (exact) mass is 387 g/mol. The summed E-state index contributed by atoms with van der Waals surface area (Å²) in [4.78, 5) is 14.4. The zero-order chi connectivity index (χ0) is 19.9. The van der Waals surface area contributed by atoms with Crippen LogP contribution in [-0.2, 0) is 6.42 Å². The Morgan fingerprint density at radius 3 is 2.21 bits per heavy atom. The molecule has 4 rings (SSSR count). The molecule has 1 aliphatic heterocycles. The van der Waals surface area contributed by atoms with Crippen molar-refractivity contribution in [1.29, 1.82) is 0 Å².